The van der Waals surface area contributed by atoms with Crippen LogP contribution in [-0.2, 0) is 0 Å². The largest absolute Gasteiger partial charge is 0.317 e. The second-order valence-electron chi connectivity index (χ2n) is 5.84. The van der Waals surface area contributed by atoms with Crippen molar-refractivity contribution >= 4 is 11.8 Å². The maximum absolute atomic E-state index is 3.55. The molecule has 0 bridgehead atoms. The van der Waals surface area contributed by atoms with Gasteiger partial charge < -0.3 is 10.2 Å². The van der Waals surface area contributed by atoms with Crippen LogP contribution in [0, 0.1) is 11.8 Å². The Morgan fingerprint density at radius 1 is 1.24 bits per heavy atom. The van der Waals surface area contributed by atoms with Crippen LogP contribution in [-0.4, -0.2) is 49.1 Å². The highest BCUT2D eigenvalue weighted by molar-refractivity contribution is 7.99. The van der Waals surface area contributed by atoms with Crippen LogP contribution in [0.2, 0.25) is 0 Å². The molecule has 3 unspecified atom stereocenters. The summed E-state index contributed by atoms with van der Waals surface area (Å²) in [6.45, 7) is 6.40. The van der Waals surface area contributed by atoms with Gasteiger partial charge in [0.2, 0.25) is 0 Å². The van der Waals surface area contributed by atoms with E-state index in [0.717, 1.165) is 17.9 Å². The van der Waals surface area contributed by atoms with Gasteiger partial charge >= 0.3 is 0 Å². The molecule has 3 heteroatoms. The molecule has 2 fully saturated rings. The van der Waals surface area contributed by atoms with Gasteiger partial charge in [0, 0.05) is 24.9 Å². The summed E-state index contributed by atoms with van der Waals surface area (Å²) in [5, 5.41) is 3.55. The topological polar surface area (TPSA) is 15.3 Å². The van der Waals surface area contributed by atoms with Gasteiger partial charge in [0.25, 0.3) is 0 Å². The van der Waals surface area contributed by atoms with Crippen LogP contribution in [0.4, 0.5) is 0 Å². The summed E-state index contributed by atoms with van der Waals surface area (Å²) < 4.78 is 0. The first-order chi connectivity index (χ1) is 8.29. The lowest BCUT2D eigenvalue weighted by Crippen LogP contribution is -2.44. The van der Waals surface area contributed by atoms with Gasteiger partial charge in [-0.15, -0.1) is 0 Å². The molecule has 0 aromatic rings. The Morgan fingerprint density at radius 2 is 2.12 bits per heavy atom. The SMILES string of the molecule is CNC1CCC(C)CC1CN1CCCSCC1. The van der Waals surface area contributed by atoms with E-state index in [9.17, 15) is 0 Å². The fourth-order valence-corrected chi connectivity index (χ4v) is 4.32. The van der Waals surface area contributed by atoms with Crippen LogP contribution in [0.25, 0.3) is 0 Å². The van der Waals surface area contributed by atoms with E-state index in [1.165, 1.54) is 56.8 Å². The van der Waals surface area contributed by atoms with Crippen molar-refractivity contribution in [2.75, 3.05) is 38.2 Å². The second-order valence-corrected chi connectivity index (χ2v) is 7.06. The molecule has 1 aliphatic heterocycles. The number of rotatable bonds is 3. The van der Waals surface area contributed by atoms with Crippen molar-refractivity contribution in [1.82, 2.24) is 10.2 Å². The lowest BCUT2D eigenvalue weighted by Gasteiger charge is -2.37. The maximum atomic E-state index is 3.55. The van der Waals surface area contributed by atoms with E-state index >= 15 is 0 Å². The Labute approximate surface area is 111 Å². The molecule has 1 saturated carbocycles. The van der Waals surface area contributed by atoms with E-state index < -0.39 is 0 Å². The van der Waals surface area contributed by atoms with E-state index in [1.807, 2.05) is 0 Å². The summed E-state index contributed by atoms with van der Waals surface area (Å²) in [5.74, 6) is 4.53. The molecule has 17 heavy (non-hydrogen) atoms. The highest BCUT2D eigenvalue weighted by Crippen LogP contribution is 2.30. The van der Waals surface area contributed by atoms with Gasteiger partial charge in [-0.05, 0) is 56.9 Å². The molecule has 2 nitrogen and oxygen atoms in total. The van der Waals surface area contributed by atoms with Crippen molar-refractivity contribution in [2.45, 2.75) is 38.6 Å². The molecule has 0 amide bonds. The van der Waals surface area contributed by atoms with Crippen molar-refractivity contribution in [3.05, 3.63) is 0 Å². The molecule has 100 valence electrons. The predicted octanol–water partition coefficient (Wildman–Crippen LogP) is 2.45. The third-order valence-electron chi connectivity index (χ3n) is 4.42. The number of hydrogen-bond donors (Lipinski definition) is 1. The average Bonchev–Trinajstić information content (AvgIpc) is 2.58. The minimum absolute atomic E-state index is 0.766. The molecule has 1 heterocycles. The summed E-state index contributed by atoms with van der Waals surface area (Å²) in [6, 6.07) is 0.766. The van der Waals surface area contributed by atoms with Gasteiger partial charge in [-0.1, -0.05) is 6.92 Å². The normalized spacial score (nSPS) is 36.7. The van der Waals surface area contributed by atoms with Gasteiger partial charge in [0.15, 0.2) is 0 Å². The summed E-state index contributed by atoms with van der Waals surface area (Å²) >= 11 is 2.13. The molecule has 2 aliphatic rings. The van der Waals surface area contributed by atoms with Crippen molar-refractivity contribution in [2.24, 2.45) is 11.8 Å². The van der Waals surface area contributed by atoms with E-state index in [4.69, 9.17) is 0 Å². The van der Waals surface area contributed by atoms with E-state index in [1.54, 1.807) is 0 Å². The van der Waals surface area contributed by atoms with Gasteiger partial charge in [0.1, 0.15) is 0 Å². The Kier molecular flexibility index (Phi) is 5.64. The van der Waals surface area contributed by atoms with Crippen LogP contribution in [0.3, 0.4) is 0 Å². The summed E-state index contributed by atoms with van der Waals surface area (Å²) in [6.07, 6.45) is 5.61. The first kappa shape index (κ1) is 13.7. The highest BCUT2D eigenvalue weighted by Gasteiger charge is 2.29. The van der Waals surface area contributed by atoms with Crippen molar-refractivity contribution in [3.8, 4) is 0 Å². The average molecular weight is 256 g/mol. The monoisotopic (exact) mass is 256 g/mol. The standard InChI is InChI=1S/C14H28N2S/c1-12-4-5-14(15-2)13(10-12)11-16-6-3-8-17-9-7-16/h12-15H,3-11H2,1-2H3. The quantitative estimate of drug-likeness (QED) is 0.835. The van der Waals surface area contributed by atoms with E-state index in [2.05, 4.69) is 35.9 Å². The number of thioether (sulfide) groups is 1. The van der Waals surface area contributed by atoms with Crippen LogP contribution in [0.15, 0.2) is 0 Å². The fraction of sp³-hybridized carbons (Fsp3) is 1.00. The second kappa shape index (κ2) is 7.01. The third-order valence-corrected chi connectivity index (χ3v) is 5.47. The van der Waals surface area contributed by atoms with Crippen molar-refractivity contribution < 1.29 is 0 Å². The number of hydrogen-bond acceptors (Lipinski definition) is 3. The Balaban J connectivity index is 1.85. The Morgan fingerprint density at radius 3 is 2.94 bits per heavy atom. The number of nitrogens with one attached hydrogen (secondary N) is 1. The summed E-state index contributed by atoms with van der Waals surface area (Å²) in [7, 11) is 2.14. The lowest BCUT2D eigenvalue weighted by atomic mass is 9.78. The Bertz CT molecular complexity index is 214. The minimum Gasteiger partial charge on any atom is -0.317 e. The fourth-order valence-electron chi connectivity index (χ4n) is 3.39. The molecular weight excluding hydrogens is 228 g/mol. The molecule has 1 aliphatic carbocycles. The van der Waals surface area contributed by atoms with Crippen molar-refractivity contribution in [1.29, 1.82) is 0 Å². The smallest absolute Gasteiger partial charge is 0.0105 e. The Hall–Kier alpha value is 0.270. The zero-order chi connectivity index (χ0) is 12.1. The molecule has 0 spiro atoms. The van der Waals surface area contributed by atoms with Gasteiger partial charge in [0.05, 0.1) is 0 Å². The maximum Gasteiger partial charge on any atom is 0.0105 e. The molecule has 1 saturated heterocycles. The van der Waals surface area contributed by atoms with Gasteiger partial charge in [-0.3, -0.25) is 0 Å². The predicted molar refractivity (Wildman–Crippen MR) is 77.7 cm³/mol. The zero-order valence-corrected chi connectivity index (χ0v) is 12.3. The van der Waals surface area contributed by atoms with Crippen LogP contribution >= 0.6 is 11.8 Å². The van der Waals surface area contributed by atoms with E-state index in [0.29, 0.717) is 0 Å². The van der Waals surface area contributed by atoms with Crippen LogP contribution in [0.5, 0.6) is 0 Å². The molecule has 0 aromatic carbocycles. The molecular formula is C14H28N2S. The molecule has 0 aromatic heterocycles. The van der Waals surface area contributed by atoms with Gasteiger partial charge in [-0.25, -0.2) is 0 Å². The van der Waals surface area contributed by atoms with Crippen LogP contribution in [0.1, 0.15) is 32.6 Å². The molecule has 1 N–H and O–H groups in total. The molecule has 0 radical (unpaired) electrons. The number of nitrogens with zero attached hydrogens (tertiary/aromatic N) is 1. The van der Waals surface area contributed by atoms with E-state index in [-0.39, 0.29) is 0 Å². The minimum atomic E-state index is 0.766. The summed E-state index contributed by atoms with van der Waals surface area (Å²) in [4.78, 5) is 2.72. The third kappa shape index (κ3) is 4.15. The lowest BCUT2D eigenvalue weighted by molar-refractivity contribution is 0.154. The van der Waals surface area contributed by atoms with Crippen LogP contribution < -0.4 is 5.32 Å². The molecule has 2 rings (SSSR count). The molecule has 3 atom stereocenters. The summed E-state index contributed by atoms with van der Waals surface area (Å²) in [5.41, 5.74) is 0. The van der Waals surface area contributed by atoms with Crippen molar-refractivity contribution in [3.63, 3.8) is 0 Å². The first-order valence-corrected chi connectivity index (χ1v) is 8.42. The highest BCUT2D eigenvalue weighted by atomic mass is 32.2. The first-order valence-electron chi connectivity index (χ1n) is 7.27. The van der Waals surface area contributed by atoms with Gasteiger partial charge in [-0.2, -0.15) is 11.8 Å². The zero-order valence-electron chi connectivity index (χ0n) is 11.5.